The zero-order valence-corrected chi connectivity index (χ0v) is 14.2. The maximum atomic E-state index is 11.7. The monoisotopic (exact) mass is 317 g/mol. The van der Waals surface area contributed by atoms with Gasteiger partial charge in [0.15, 0.2) is 0 Å². The molecule has 1 aromatic carbocycles. The van der Waals surface area contributed by atoms with Crippen molar-refractivity contribution in [1.82, 2.24) is 0 Å². The molecule has 3 rings (SSSR count). The normalized spacial score (nSPS) is 19.4. The number of carboxylic acid groups (broad SMARTS) is 1. The quantitative estimate of drug-likeness (QED) is 0.893. The Bertz CT molecular complexity index is 574. The summed E-state index contributed by atoms with van der Waals surface area (Å²) in [7, 11) is 0. The number of rotatable bonds is 5. The van der Waals surface area contributed by atoms with Crippen molar-refractivity contribution >= 4 is 11.7 Å². The average molecular weight is 317 g/mol. The number of benzene rings is 1. The Morgan fingerprint density at radius 3 is 2.48 bits per heavy atom. The van der Waals surface area contributed by atoms with Crippen LogP contribution in [0.15, 0.2) is 12.1 Å². The molecule has 0 bridgehead atoms. The van der Waals surface area contributed by atoms with E-state index in [-0.39, 0.29) is 0 Å². The molecule has 1 aromatic rings. The van der Waals surface area contributed by atoms with Crippen LogP contribution in [-0.4, -0.2) is 36.9 Å². The molecule has 2 fully saturated rings. The number of hydrogen-bond acceptors (Lipinski definition) is 3. The van der Waals surface area contributed by atoms with Gasteiger partial charge in [-0.3, -0.25) is 0 Å². The minimum atomic E-state index is -0.812. The van der Waals surface area contributed by atoms with Gasteiger partial charge in [-0.15, -0.1) is 0 Å². The summed E-state index contributed by atoms with van der Waals surface area (Å²) in [5.41, 5.74) is 3.68. The number of ether oxygens (including phenoxy) is 1. The van der Waals surface area contributed by atoms with Gasteiger partial charge in [0.05, 0.1) is 5.56 Å². The first-order valence-electron chi connectivity index (χ1n) is 8.84. The molecule has 0 spiro atoms. The van der Waals surface area contributed by atoms with Crippen LogP contribution in [0.1, 0.15) is 66.4 Å². The average Bonchev–Trinajstić information content (AvgIpc) is 2.49. The molecule has 0 radical (unpaired) electrons. The smallest absolute Gasteiger partial charge is 0.336 e. The molecule has 1 saturated carbocycles. The van der Waals surface area contributed by atoms with Crippen LogP contribution >= 0.6 is 0 Å². The Labute approximate surface area is 138 Å². The van der Waals surface area contributed by atoms with Gasteiger partial charge in [0.25, 0.3) is 0 Å². The molecule has 0 amide bonds. The summed E-state index contributed by atoms with van der Waals surface area (Å²) in [6, 6.07) is 4.61. The van der Waals surface area contributed by atoms with Gasteiger partial charge in [-0.1, -0.05) is 6.42 Å². The number of anilines is 1. The molecular formula is C19H27NO3. The Morgan fingerprint density at radius 2 is 1.96 bits per heavy atom. The van der Waals surface area contributed by atoms with Crippen molar-refractivity contribution in [1.29, 1.82) is 0 Å². The number of carbonyl (C=O) groups is 1. The number of carboxylic acids is 1. The van der Waals surface area contributed by atoms with E-state index in [0.717, 1.165) is 43.9 Å². The molecule has 0 atom stereocenters. The fourth-order valence-electron chi connectivity index (χ4n) is 3.84. The summed E-state index contributed by atoms with van der Waals surface area (Å²) in [5, 5.41) is 9.61. The molecule has 1 N–H and O–H groups in total. The molecule has 0 unspecified atom stereocenters. The number of nitrogens with zero attached hydrogens (tertiary/aromatic N) is 1. The third kappa shape index (κ3) is 3.23. The Kier molecular flexibility index (Phi) is 4.90. The van der Waals surface area contributed by atoms with Crippen molar-refractivity contribution < 1.29 is 14.6 Å². The van der Waals surface area contributed by atoms with Gasteiger partial charge >= 0.3 is 5.97 Å². The van der Waals surface area contributed by atoms with Crippen LogP contribution in [0.5, 0.6) is 0 Å². The second-order valence-corrected chi connectivity index (χ2v) is 6.78. The molecular weight excluding hydrogens is 290 g/mol. The zero-order valence-electron chi connectivity index (χ0n) is 14.2. The second-order valence-electron chi connectivity index (χ2n) is 6.78. The largest absolute Gasteiger partial charge is 0.478 e. The summed E-state index contributed by atoms with van der Waals surface area (Å²) in [5.74, 6) is -0.270. The van der Waals surface area contributed by atoms with Crippen molar-refractivity contribution in [3.8, 4) is 0 Å². The molecule has 2 aliphatic rings. The van der Waals surface area contributed by atoms with Gasteiger partial charge < -0.3 is 14.7 Å². The predicted octanol–water partition coefficient (Wildman–Crippen LogP) is 3.97. The van der Waals surface area contributed by atoms with Gasteiger partial charge in [-0.25, -0.2) is 4.79 Å². The maximum Gasteiger partial charge on any atom is 0.336 e. The molecule has 23 heavy (non-hydrogen) atoms. The van der Waals surface area contributed by atoms with Crippen molar-refractivity contribution in [2.45, 2.75) is 57.9 Å². The van der Waals surface area contributed by atoms with Crippen LogP contribution < -0.4 is 4.90 Å². The highest BCUT2D eigenvalue weighted by atomic mass is 16.5. The van der Waals surface area contributed by atoms with Gasteiger partial charge in [-0.2, -0.15) is 0 Å². The van der Waals surface area contributed by atoms with Gasteiger partial charge in [-0.05, 0) is 68.7 Å². The third-order valence-corrected chi connectivity index (χ3v) is 5.49. The fourth-order valence-corrected chi connectivity index (χ4v) is 3.84. The molecule has 1 aliphatic carbocycles. The van der Waals surface area contributed by atoms with Crippen LogP contribution in [0.3, 0.4) is 0 Å². The second kappa shape index (κ2) is 6.91. The van der Waals surface area contributed by atoms with Crippen molar-refractivity contribution in [2.24, 2.45) is 0 Å². The minimum absolute atomic E-state index is 0.450. The van der Waals surface area contributed by atoms with E-state index in [1.807, 2.05) is 13.0 Å². The number of aromatic carboxylic acids is 1. The fraction of sp³-hybridized carbons (Fsp3) is 0.632. The van der Waals surface area contributed by atoms with Crippen molar-refractivity contribution in [3.05, 3.63) is 28.8 Å². The summed E-state index contributed by atoms with van der Waals surface area (Å²) in [4.78, 5) is 14.1. The highest BCUT2D eigenvalue weighted by Crippen LogP contribution is 2.40. The van der Waals surface area contributed by atoms with E-state index >= 15 is 0 Å². The van der Waals surface area contributed by atoms with E-state index < -0.39 is 5.97 Å². The Hall–Kier alpha value is -1.55. The highest BCUT2D eigenvalue weighted by Gasteiger charge is 2.27. The molecule has 4 heteroatoms. The molecule has 1 aliphatic heterocycles. The van der Waals surface area contributed by atoms with Gasteiger partial charge in [0, 0.05) is 31.5 Å². The maximum absolute atomic E-state index is 11.7. The lowest BCUT2D eigenvalue weighted by molar-refractivity contribution is 0.0695. The third-order valence-electron chi connectivity index (χ3n) is 5.49. The van der Waals surface area contributed by atoms with E-state index in [1.54, 1.807) is 0 Å². The topological polar surface area (TPSA) is 49.8 Å². The van der Waals surface area contributed by atoms with Crippen LogP contribution in [0.25, 0.3) is 0 Å². The van der Waals surface area contributed by atoms with Crippen LogP contribution in [0.4, 0.5) is 5.69 Å². The van der Waals surface area contributed by atoms with E-state index in [2.05, 4.69) is 17.9 Å². The molecule has 0 aromatic heterocycles. The first-order chi connectivity index (χ1) is 11.1. The first-order valence-corrected chi connectivity index (χ1v) is 8.84. The van der Waals surface area contributed by atoms with E-state index in [4.69, 9.17) is 4.74 Å². The minimum Gasteiger partial charge on any atom is -0.478 e. The van der Waals surface area contributed by atoms with Crippen LogP contribution in [-0.2, 0) is 4.74 Å². The lowest BCUT2D eigenvalue weighted by Gasteiger charge is -2.37. The van der Waals surface area contributed by atoms with E-state index in [0.29, 0.717) is 17.5 Å². The van der Waals surface area contributed by atoms with E-state index in [1.165, 1.54) is 24.8 Å². The Morgan fingerprint density at radius 1 is 1.26 bits per heavy atom. The standard InChI is InChI=1S/C19H27NO3/c1-3-20(16-7-9-23-10-8-16)18-12-15(14-5-4-6-14)11-17(13(18)2)19(21)22/h11-12,14,16H,3-10H2,1-2H3,(H,21,22). The highest BCUT2D eigenvalue weighted by molar-refractivity contribution is 5.91. The first kappa shape index (κ1) is 16.3. The Balaban J connectivity index is 2.00. The molecule has 4 nitrogen and oxygen atoms in total. The predicted molar refractivity (Wildman–Crippen MR) is 91.6 cm³/mol. The summed E-state index contributed by atoms with van der Waals surface area (Å²) in [6.45, 7) is 6.61. The summed E-state index contributed by atoms with van der Waals surface area (Å²) < 4.78 is 5.49. The lowest BCUT2D eigenvalue weighted by atomic mass is 9.79. The van der Waals surface area contributed by atoms with Gasteiger partial charge in [0.2, 0.25) is 0 Å². The summed E-state index contributed by atoms with van der Waals surface area (Å²) >= 11 is 0. The van der Waals surface area contributed by atoms with Crippen molar-refractivity contribution in [2.75, 3.05) is 24.7 Å². The number of hydrogen-bond donors (Lipinski definition) is 1. The van der Waals surface area contributed by atoms with Gasteiger partial charge in [0.1, 0.15) is 0 Å². The molecule has 126 valence electrons. The van der Waals surface area contributed by atoms with Crippen molar-refractivity contribution in [3.63, 3.8) is 0 Å². The van der Waals surface area contributed by atoms with E-state index in [9.17, 15) is 9.90 Å². The molecule has 1 heterocycles. The van der Waals surface area contributed by atoms with Crippen LogP contribution in [0.2, 0.25) is 0 Å². The molecule has 1 saturated heterocycles. The zero-order chi connectivity index (χ0) is 16.4. The summed E-state index contributed by atoms with van der Waals surface area (Å²) in [6.07, 6.45) is 5.66. The lowest BCUT2D eigenvalue weighted by Crippen LogP contribution is -2.40. The SMILES string of the molecule is CCN(c1cc(C2CCC2)cc(C(=O)O)c1C)C1CCOCC1. The van der Waals surface area contributed by atoms with Crippen LogP contribution in [0, 0.1) is 6.92 Å².